The molecule has 1 aliphatic rings. The first-order valence-corrected chi connectivity index (χ1v) is 7.56. The molecule has 2 atom stereocenters. The third-order valence-corrected chi connectivity index (χ3v) is 4.61. The molecule has 124 valence electrons. The van der Waals surface area contributed by atoms with Crippen LogP contribution < -0.4 is 0 Å². The van der Waals surface area contributed by atoms with Crippen molar-refractivity contribution in [2.75, 3.05) is 19.7 Å². The smallest absolute Gasteiger partial charge is 0.133 e. The molecule has 1 aliphatic heterocycles. The summed E-state index contributed by atoms with van der Waals surface area (Å²) in [6.07, 6.45) is 1.36. The van der Waals surface area contributed by atoms with Gasteiger partial charge >= 0.3 is 0 Å². The molecular formula is C16H22F3NO2. The maximum atomic E-state index is 13.7. The highest BCUT2D eigenvalue weighted by Crippen LogP contribution is 2.36. The van der Waals surface area contributed by atoms with Crippen LogP contribution in [-0.4, -0.2) is 40.9 Å². The summed E-state index contributed by atoms with van der Waals surface area (Å²) in [7, 11) is 0. The van der Waals surface area contributed by atoms with Crippen LogP contribution in [-0.2, 0) is 6.54 Å². The lowest BCUT2D eigenvalue weighted by molar-refractivity contribution is -0.0805. The second-order valence-electron chi connectivity index (χ2n) is 6.12. The number of hydrogen-bond acceptors (Lipinski definition) is 3. The first-order chi connectivity index (χ1) is 10.4. The van der Waals surface area contributed by atoms with E-state index in [1.54, 1.807) is 4.90 Å². The average Bonchev–Trinajstić information content (AvgIpc) is 2.46. The molecule has 0 amide bonds. The first-order valence-electron chi connectivity index (χ1n) is 7.56. The predicted octanol–water partition coefficient (Wildman–Crippen LogP) is 2.45. The zero-order chi connectivity index (χ0) is 16.3. The van der Waals surface area contributed by atoms with Gasteiger partial charge in [0.05, 0.1) is 12.7 Å². The summed E-state index contributed by atoms with van der Waals surface area (Å²) >= 11 is 0. The molecule has 1 fully saturated rings. The second-order valence-corrected chi connectivity index (χ2v) is 6.12. The van der Waals surface area contributed by atoms with Crippen LogP contribution in [0.3, 0.4) is 0 Å². The van der Waals surface area contributed by atoms with Crippen molar-refractivity contribution in [3.8, 4) is 0 Å². The van der Waals surface area contributed by atoms with Crippen LogP contribution in [0.15, 0.2) is 12.1 Å². The van der Waals surface area contributed by atoms with Gasteiger partial charge in [0.1, 0.15) is 17.5 Å². The molecule has 0 bridgehead atoms. The number of β-amino-alcohol motifs (C(OH)–C–C–N with tert-alkyl or cyclic N) is 1. The highest BCUT2D eigenvalue weighted by molar-refractivity contribution is 5.21. The monoisotopic (exact) mass is 317 g/mol. The van der Waals surface area contributed by atoms with E-state index in [9.17, 15) is 23.4 Å². The number of hydrogen-bond donors (Lipinski definition) is 2. The van der Waals surface area contributed by atoms with E-state index in [1.165, 1.54) is 0 Å². The van der Waals surface area contributed by atoms with Crippen molar-refractivity contribution in [1.82, 2.24) is 4.90 Å². The molecule has 2 rings (SSSR count). The van der Waals surface area contributed by atoms with Crippen LogP contribution in [0.4, 0.5) is 13.2 Å². The summed E-state index contributed by atoms with van der Waals surface area (Å²) in [6, 6.07) is 1.32. The van der Waals surface area contributed by atoms with E-state index in [4.69, 9.17) is 0 Å². The Labute approximate surface area is 128 Å². The molecule has 0 radical (unpaired) electrons. The Balaban J connectivity index is 2.09. The molecular weight excluding hydrogens is 295 g/mol. The zero-order valence-corrected chi connectivity index (χ0v) is 12.7. The van der Waals surface area contributed by atoms with Gasteiger partial charge in [0.2, 0.25) is 0 Å². The molecule has 0 aliphatic carbocycles. The van der Waals surface area contributed by atoms with Crippen LogP contribution in [0.1, 0.15) is 31.7 Å². The fourth-order valence-corrected chi connectivity index (χ4v) is 3.22. The van der Waals surface area contributed by atoms with Gasteiger partial charge in [0.25, 0.3) is 0 Å². The second kappa shape index (κ2) is 6.98. The van der Waals surface area contributed by atoms with Crippen LogP contribution in [0.2, 0.25) is 0 Å². The Morgan fingerprint density at radius 2 is 1.91 bits per heavy atom. The number of aliphatic hydroxyl groups excluding tert-OH is 2. The van der Waals surface area contributed by atoms with Crippen molar-refractivity contribution in [1.29, 1.82) is 0 Å². The minimum atomic E-state index is -0.945. The third kappa shape index (κ3) is 3.45. The van der Waals surface area contributed by atoms with Crippen LogP contribution >= 0.6 is 0 Å². The lowest BCUT2D eigenvalue weighted by Gasteiger charge is -2.44. The molecule has 0 saturated carbocycles. The number of likely N-dealkylation sites (tertiary alicyclic amines) is 1. The molecule has 2 N–H and O–H groups in total. The third-order valence-electron chi connectivity index (χ3n) is 4.61. The largest absolute Gasteiger partial charge is 0.396 e. The van der Waals surface area contributed by atoms with Gasteiger partial charge in [-0.1, -0.05) is 13.3 Å². The molecule has 1 aromatic carbocycles. The Bertz CT molecular complexity index is 503. The van der Waals surface area contributed by atoms with E-state index >= 15 is 0 Å². The van der Waals surface area contributed by atoms with Crippen LogP contribution in [0.5, 0.6) is 0 Å². The highest BCUT2D eigenvalue weighted by Gasteiger charge is 2.41. The number of benzene rings is 1. The Kier molecular flexibility index (Phi) is 5.47. The van der Waals surface area contributed by atoms with Gasteiger partial charge in [-0.15, -0.1) is 0 Å². The molecule has 1 heterocycles. The number of nitrogens with zero attached hydrogens (tertiary/aromatic N) is 1. The van der Waals surface area contributed by atoms with Crippen molar-refractivity contribution < 1.29 is 23.4 Å². The SMILES string of the molecule is CCC[C@]1(CO)CCN(Cc2c(F)cc(F)cc2F)C[C@H]1O. The van der Waals surface area contributed by atoms with Crippen molar-refractivity contribution in [2.24, 2.45) is 5.41 Å². The van der Waals surface area contributed by atoms with E-state index in [0.717, 1.165) is 6.42 Å². The topological polar surface area (TPSA) is 43.7 Å². The molecule has 0 aromatic heterocycles. The summed E-state index contributed by atoms with van der Waals surface area (Å²) in [6.45, 7) is 2.61. The quantitative estimate of drug-likeness (QED) is 0.877. The molecule has 6 heteroatoms. The standard InChI is InChI=1S/C16H22F3NO2/c1-2-3-16(10-21)4-5-20(9-15(16)22)8-12-13(18)6-11(17)7-14(12)19/h6-7,15,21-22H,2-5,8-10H2,1H3/t15-,16-/m1/s1. The maximum absolute atomic E-state index is 13.7. The summed E-state index contributed by atoms with van der Waals surface area (Å²) in [5, 5.41) is 19.9. The number of rotatable bonds is 5. The minimum absolute atomic E-state index is 0.0252. The zero-order valence-electron chi connectivity index (χ0n) is 12.7. The normalized spacial score (nSPS) is 26.4. The highest BCUT2D eigenvalue weighted by atomic mass is 19.1. The summed E-state index contributed by atoms with van der Waals surface area (Å²) in [4.78, 5) is 1.73. The van der Waals surface area contributed by atoms with Gasteiger partial charge in [-0.05, 0) is 19.4 Å². The lowest BCUT2D eigenvalue weighted by Crippen LogP contribution is -2.52. The Morgan fingerprint density at radius 1 is 1.27 bits per heavy atom. The average molecular weight is 317 g/mol. The molecule has 1 saturated heterocycles. The van der Waals surface area contributed by atoms with E-state index in [-0.39, 0.29) is 25.3 Å². The fourth-order valence-electron chi connectivity index (χ4n) is 3.22. The number of piperidine rings is 1. The van der Waals surface area contributed by atoms with Crippen molar-refractivity contribution in [3.05, 3.63) is 35.1 Å². The Hall–Kier alpha value is -1.11. The minimum Gasteiger partial charge on any atom is -0.396 e. The molecule has 0 unspecified atom stereocenters. The molecule has 0 spiro atoms. The van der Waals surface area contributed by atoms with Gasteiger partial charge in [0.15, 0.2) is 0 Å². The molecule has 1 aromatic rings. The van der Waals surface area contributed by atoms with Crippen molar-refractivity contribution in [3.63, 3.8) is 0 Å². The summed E-state index contributed by atoms with van der Waals surface area (Å²) in [5.74, 6) is -2.78. The van der Waals surface area contributed by atoms with Crippen LogP contribution in [0, 0.1) is 22.9 Å². The van der Waals surface area contributed by atoms with Gasteiger partial charge in [0, 0.05) is 36.2 Å². The van der Waals surface area contributed by atoms with Gasteiger partial charge < -0.3 is 10.2 Å². The predicted molar refractivity (Wildman–Crippen MR) is 76.6 cm³/mol. The van der Waals surface area contributed by atoms with Crippen molar-refractivity contribution in [2.45, 2.75) is 38.8 Å². The van der Waals surface area contributed by atoms with E-state index in [2.05, 4.69) is 0 Å². The van der Waals surface area contributed by atoms with Gasteiger partial charge in [-0.2, -0.15) is 0 Å². The van der Waals surface area contributed by atoms with Gasteiger partial charge in [-0.3, -0.25) is 4.90 Å². The fraction of sp³-hybridized carbons (Fsp3) is 0.625. The first kappa shape index (κ1) is 17.2. The lowest BCUT2D eigenvalue weighted by atomic mass is 9.73. The van der Waals surface area contributed by atoms with Gasteiger partial charge in [-0.25, -0.2) is 13.2 Å². The molecule has 22 heavy (non-hydrogen) atoms. The maximum Gasteiger partial charge on any atom is 0.133 e. The van der Waals surface area contributed by atoms with Crippen molar-refractivity contribution >= 4 is 0 Å². The number of halogens is 3. The molecule has 3 nitrogen and oxygen atoms in total. The van der Waals surface area contributed by atoms with E-state index in [0.29, 0.717) is 31.5 Å². The van der Waals surface area contributed by atoms with E-state index < -0.39 is 29.0 Å². The number of aliphatic hydroxyl groups is 2. The summed E-state index contributed by atoms with van der Waals surface area (Å²) < 4.78 is 40.3. The van der Waals surface area contributed by atoms with Crippen LogP contribution in [0.25, 0.3) is 0 Å². The van der Waals surface area contributed by atoms with E-state index in [1.807, 2.05) is 6.92 Å². The Morgan fingerprint density at radius 3 is 2.41 bits per heavy atom. The summed E-state index contributed by atoms with van der Waals surface area (Å²) in [5.41, 5.74) is -0.730.